The molecule has 2 aliphatic rings. The Labute approximate surface area is 320 Å². The van der Waals surface area contributed by atoms with Crippen molar-refractivity contribution in [3.8, 4) is 28.3 Å². The van der Waals surface area contributed by atoms with Crippen molar-refractivity contribution in [3.05, 3.63) is 204 Å². The monoisotopic (exact) mass is 704 g/mol. The predicted octanol–water partition coefficient (Wildman–Crippen LogP) is 13.0. The summed E-state index contributed by atoms with van der Waals surface area (Å²) in [5.41, 5.74) is 16.7. The number of benzene rings is 7. The summed E-state index contributed by atoms with van der Waals surface area (Å²) in [5.74, 6) is 0.937. The molecule has 0 N–H and O–H groups in total. The maximum atomic E-state index is 5.27. The molecule has 0 saturated heterocycles. The van der Waals surface area contributed by atoms with Crippen molar-refractivity contribution in [2.75, 3.05) is 4.90 Å². The fraction of sp³-hybridized carbons (Fsp3) is 0.0588. The third kappa shape index (κ3) is 5.06. The number of allylic oxidation sites excluding steroid dienone is 4. The average Bonchev–Trinajstić information content (AvgIpc) is 3.77. The summed E-state index contributed by atoms with van der Waals surface area (Å²) in [6.07, 6.45) is 5.64. The summed E-state index contributed by atoms with van der Waals surface area (Å²) in [6, 6.07) is 60.7. The standard InChI is InChI=1S/C51H36N4/c1-33-14-12-25-48-49(33)43-32-38(27-29-47(43)54(48)39-20-13-19-36(30-39)34-15-4-2-5-16-34)37-26-28-46-42(31-37)40-21-9-11-24-45(40)55(46)51-52-44-23-10-8-22-41(44)50(53-51)35-17-6-3-7-18-35/h2-31,43H,32H2,1H3. The number of hydrogen-bond donors (Lipinski definition) is 0. The second-order valence-corrected chi connectivity index (χ2v) is 14.6. The van der Waals surface area contributed by atoms with E-state index in [2.05, 4.69) is 192 Å². The summed E-state index contributed by atoms with van der Waals surface area (Å²) in [4.78, 5) is 12.9. The number of nitrogens with zero attached hydrogens (tertiary/aromatic N) is 4. The normalized spacial score (nSPS) is 14.9. The number of para-hydroxylation sites is 2. The third-order valence-electron chi connectivity index (χ3n) is 11.5. The fourth-order valence-corrected chi connectivity index (χ4v) is 8.95. The molecule has 55 heavy (non-hydrogen) atoms. The molecule has 0 fully saturated rings. The average molecular weight is 705 g/mol. The number of aryl methyl sites for hydroxylation is 1. The smallest absolute Gasteiger partial charge is 0.235 e. The van der Waals surface area contributed by atoms with E-state index in [0.29, 0.717) is 5.95 Å². The molecule has 7 aromatic carbocycles. The van der Waals surface area contributed by atoms with Gasteiger partial charge in [-0.3, -0.25) is 4.57 Å². The second-order valence-electron chi connectivity index (χ2n) is 14.6. The van der Waals surface area contributed by atoms with Gasteiger partial charge in [0.05, 0.1) is 22.2 Å². The van der Waals surface area contributed by atoms with Crippen LogP contribution in [-0.2, 0) is 0 Å². The zero-order valence-electron chi connectivity index (χ0n) is 30.4. The molecule has 2 aromatic heterocycles. The van der Waals surface area contributed by atoms with Gasteiger partial charge in [0.2, 0.25) is 5.95 Å². The van der Waals surface area contributed by atoms with Gasteiger partial charge in [-0.2, -0.15) is 0 Å². The largest absolute Gasteiger partial charge is 0.313 e. The second kappa shape index (κ2) is 12.5. The minimum atomic E-state index is 0.260. The SMILES string of the molecule is Cc1cccc2c1C1CC(c3ccc4c(c3)c3ccccc3n4-c3nc(-c4ccccc4)c4ccccc4n3)=CC=C1N2c1cccc(-c2ccccc2)c1. The minimum absolute atomic E-state index is 0.260. The maximum absolute atomic E-state index is 5.27. The van der Waals surface area contributed by atoms with Crippen LogP contribution in [0.1, 0.15) is 29.0 Å². The lowest BCUT2D eigenvalue weighted by atomic mass is 9.83. The molecule has 1 atom stereocenters. The van der Waals surface area contributed by atoms with Gasteiger partial charge >= 0.3 is 0 Å². The van der Waals surface area contributed by atoms with E-state index >= 15 is 0 Å². The molecule has 11 rings (SSSR count). The molecule has 0 saturated carbocycles. The highest BCUT2D eigenvalue weighted by atomic mass is 15.2. The Bertz CT molecular complexity index is 3030. The van der Waals surface area contributed by atoms with Crippen LogP contribution in [0.3, 0.4) is 0 Å². The van der Waals surface area contributed by atoms with E-state index in [1.54, 1.807) is 0 Å². The van der Waals surface area contributed by atoms with Gasteiger partial charge in [-0.25, -0.2) is 9.97 Å². The predicted molar refractivity (Wildman–Crippen MR) is 228 cm³/mol. The molecule has 0 spiro atoms. The summed E-state index contributed by atoms with van der Waals surface area (Å²) >= 11 is 0. The lowest BCUT2D eigenvalue weighted by Crippen LogP contribution is -2.15. The van der Waals surface area contributed by atoms with Gasteiger partial charge in [0.15, 0.2) is 0 Å². The quantitative estimate of drug-likeness (QED) is 0.179. The van der Waals surface area contributed by atoms with Crippen LogP contribution in [0.5, 0.6) is 0 Å². The van der Waals surface area contributed by atoms with Gasteiger partial charge in [0, 0.05) is 44.7 Å². The first-order valence-corrected chi connectivity index (χ1v) is 19.0. The summed E-state index contributed by atoms with van der Waals surface area (Å²) in [5, 5.41) is 3.43. The van der Waals surface area contributed by atoms with Crippen molar-refractivity contribution >= 4 is 49.7 Å². The number of fused-ring (bicyclic) bond motifs is 7. The lowest BCUT2D eigenvalue weighted by molar-refractivity contribution is 0.827. The van der Waals surface area contributed by atoms with E-state index in [1.165, 1.54) is 61.2 Å². The fourth-order valence-electron chi connectivity index (χ4n) is 8.95. The first-order chi connectivity index (χ1) is 27.2. The van der Waals surface area contributed by atoms with Crippen molar-refractivity contribution in [1.29, 1.82) is 0 Å². The van der Waals surface area contributed by atoms with E-state index in [-0.39, 0.29) is 5.92 Å². The van der Waals surface area contributed by atoms with E-state index in [0.717, 1.165) is 39.6 Å². The van der Waals surface area contributed by atoms with E-state index in [1.807, 2.05) is 6.07 Å². The molecule has 0 amide bonds. The van der Waals surface area contributed by atoms with Crippen molar-refractivity contribution in [3.63, 3.8) is 0 Å². The molecule has 9 aromatic rings. The molecule has 1 aliphatic carbocycles. The Hall–Kier alpha value is -7.04. The van der Waals surface area contributed by atoms with Crippen LogP contribution in [0.4, 0.5) is 11.4 Å². The molecule has 4 heteroatoms. The van der Waals surface area contributed by atoms with E-state index in [9.17, 15) is 0 Å². The Morgan fingerprint density at radius 3 is 2.09 bits per heavy atom. The van der Waals surface area contributed by atoms with E-state index < -0.39 is 0 Å². The summed E-state index contributed by atoms with van der Waals surface area (Å²) in [7, 11) is 0. The Balaban J connectivity index is 1.04. The molecule has 1 aliphatic heterocycles. The van der Waals surface area contributed by atoms with Crippen LogP contribution in [0.25, 0.3) is 66.6 Å². The topological polar surface area (TPSA) is 34.0 Å². The molecule has 3 heterocycles. The van der Waals surface area contributed by atoms with E-state index in [4.69, 9.17) is 9.97 Å². The van der Waals surface area contributed by atoms with Crippen molar-refractivity contribution in [2.24, 2.45) is 0 Å². The zero-order valence-corrected chi connectivity index (χ0v) is 30.4. The molecule has 0 radical (unpaired) electrons. The zero-order chi connectivity index (χ0) is 36.5. The number of hydrogen-bond acceptors (Lipinski definition) is 3. The van der Waals surface area contributed by atoms with Gasteiger partial charge in [-0.15, -0.1) is 0 Å². The van der Waals surface area contributed by atoms with Crippen LogP contribution < -0.4 is 4.90 Å². The Kier molecular flexibility index (Phi) is 7.17. The molecule has 0 bridgehead atoms. The third-order valence-corrected chi connectivity index (χ3v) is 11.5. The maximum Gasteiger partial charge on any atom is 0.235 e. The Morgan fingerprint density at radius 2 is 1.24 bits per heavy atom. The molecule has 260 valence electrons. The summed E-state index contributed by atoms with van der Waals surface area (Å²) < 4.78 is 2.23. The number of rotatable bonds is 5. The van der Waals surface area contributed by atoms with Crippen molar-refractivity contribution < 1.29 is 0 Å². The van der Waals surface area contributed by atoms with Gasteiger partial charge < -0.3 is 4.90 Å². The lowest BCUT2D eigenvalue weighted by Gasteiger charge is -2.27. The molecule has 1 unspecified atom stereocenters. The van der Waals surface area contributed by atoms with Gasteiger partial charge in [0.25, 0.3) is 0 Å². The van der Waals surface area contributed by atoms with Crippen LogP contribution in [0, 0.1) is 6.92 Å². The van der Waals surface area contributed by atoms with Crippen molar-refractivity contribution in [2.45, 2.75) is 19.3 Å². The van der Waals surface area contributed by atoms with Crippen LogP contribution in [-0.4, -0.2) is 14.5 Å². The number of aromatic nitrogens is 3. The highest BCUT2D eigenvalue weighted by Crippen LogP contribution is 2.54. The summed E-state index contributed by atoms with van der Waals surface area (Å²) in [6.45, 7) is 2.26. The molecular formula is C51H36N4. The van der Waals surface area contributed by atoms with Crippen molar-refractivity contribution in [1.82, 2.24) is 14.5 Å². The minimum Gasteiger partial charge on any atom is -0.313 e. The molecular weight excluding hydrogens is 669 g/mol. The van der Waals surface area contributed by atoms with Gasteiger partial charge in [-0.05, 0) is 95.3 Å². The van der Waals surface area contributed by atoms with Gasteiger partial charge in [0.1, 0.15) is 0 Å². The van der Waals surface area contributed by atoms with Crippen LogP contribution >= 0.6 is 0 Å². The van der Waals surface area contributed by atoms with Crippen LogP contribution in [0.2, 0.25) is 0 Å². The highest BCUT2D eigenvalue weighted by molar-refractivity contribution is 6.10. The highest BCUT2D eigenvalue weighted by Gasteiger charge is 2.37. The van der Waals surface area contributed by atoms with Gasteiger partial charge in [-0.1, -0.05) is 133 Å². The van der Waals surface area contributed by atoms with Crippen LogP contribution in [0.15, 0.2) is 188 Å². The first kappa shape index (κ1) is 31.5. The molecule has 4 nitrogen and oxygen atoms in total. The Morgan fingerprint density at radius 1 is 0.527 bits per heavy atom. The number of anilines is 2. The first-order valence-electron chi connectivity index (χ1n) is 19.0.